The number of ether oxygens (including phenoxy) is 1. The number of aromatic hydroxyl groups is 1. The Balaban J connectivity index is 2.28. The van der Waals surface area contributed by atoms with E-state index in [1.54, 1.807) is 7.11 Å². The third-order valence-electron chi connectivity index (χ3n) is 4.56. The van der Waals surface area contributed by atoms with Gasteiger partial charge in [-0.2, -0.15) is 0 Å². The van der Waals surface area contributed by atoms with Crippen LogP contribution in [0.4, 0.5) is 0 Å². The number of fused-ring (bicyclic) bond motifs is 1. The molecule has 2 unspecified atom stereocenters. The summed E-state index contributed by atoms with van der Waals surface area (Å²) in [5.74, 6) is 0.461. The summed E-state index contributed by atoms with van der Waals surface area (Å²) >= 11 is 0. The lowest BCUT2D eigenvalue weighted by Crippen LogP contribution is -2.40. The first-order valence-corrected chi connectivity index (χ1v) is 7.74. The number of methoxy groups -OCH3 is 1. The van der Waals surface area contributed by atoms with E-state index in [0.717, 1.165) is 38.0 Å². The van der Waals surface area contributed by atoms with Gasteiger partial charge in [0.2, 0.25) is 0 Å². The molecule has 112 valence electrons. The Morgan fingerprint density at radius 1 is 1.45 bits per heavy atom. The minimum atomic E-state index is 0.413. The molecule has 3 nitrogen and oxygen atoms in total. The standard InChI is InChI=1S/C17H27NO2/c1-4-13(2)18(11-12-20-3)16-9-5-8-15-14(16)7-6-10-17(15)19/h6-7,10,13,16,19H,4-5,8-9,11-12H2,1-3H3. The second-order valence-corrected chi connectivity index (χ2v) is 5.74. The molecular formula is C17H27NO2. The Morgan fingerprint density at radius 3 is 2.95 bits per heavy atom. The molecule has 1 N–H and O–H groups in total. The predicted octanol–water partition coefficient (Wildman–Crippen LogP) is 3.52. The van der Waals surface area contributed by atoms with E-state index in [1.165, 1.54) is 12.0 Å². The molecule has 1 aromatic carbocycles. The highest BCUT2D eigenvalue weighted by Gasteiger charge is 2.29. The predicted molar refractivity (Wildman–Crippen MR) is 82.1 cm³/mol. The molecule has 1 aliphatic carbocycles. The van der Waals surface area contributed by atoms with E-state index < -0.39 is 0 Å². The second-order valence-electron chi connectivity index (χ2n) is 5.74. The molecule has 0 aliphatic heterocycles. The Bertz CT molecular complexity index is 433. The summed E-state index contributed by atoms with van der Waals surface area (Å²) in [7, 11) is 1.76. The fourth-order valence-electron chi connectivity index (χ4n) is 3.26. The van der Waals surface area contributed by atoms with Crippen molar-refractivity contribution in [2.24, 2.45) is 0 Å². The zero-order chi connectivity index (χ0) is 14.5. The normalized spacial score (nSPS) is 19.9. The van der Waals surface area contributed by atoms with Crippen molar-refractivity contribution in [3.05, 3.63) is 29.3 Å². The van der Waals surface area contributed by atoms with Crippen LogP contribution in [0.3, 0.4) is 0 Å². The van der Waals surface area contributed by atoms with E-state index in [1.807, 2.05) is 12.1 Å². The third-order valence-corrected chi connectivity index (χ3v) is 4.56. The van der Waals surface area contributed by atoms with Crippen molar-refractivity contribution in [2.45, 2.75) is 51.6 Å². The van der Waals surface area contributed by atoms with Crippen LogP contribution in [0.25, 0.3) is 0 Å². The molecule has 0 bridgehead atoms. The molecular weight excluding hydrogens is 250 g/mol. The van der Waals surface area contributed by atoms with Crippen molar-refractivity contribution in [1.82, 2.24) is 4.90 Å². The van der Waals surface area contributed by atoms with Crippen molar-refractivity contribution in [1.29, 1.82) is 0 Å². The molecule has 0 saturated heterocycles. The van der Waals surface area contributed by atoms with Gasteiger partial charge in [0, 0.05) is 25.7 Å². The van der Waals surface area contributed by atoms with Crippen molar-refractivity contribution < 1.29 is 9.84 Å². The van der Waals surface area contributed by atoms with Gasteiger partial charge in [0.05, 0.1) is 6.61 Å². The van der Waals surface area contributed by atoms with Crippen LogP contribution < -0.4 is 0 Å². The van der Waals surface area contributed by atoms with Crippen LogP contribution in [-0.4, -0.2) is 36.3 Å². The summed E-state index contributed by atoms with van der Waals surface area (Å²) in [5.41, 5.74) is 2.46. The van der Waals surface area contributed by atoms with Gasteiger partial charge in [-0.1, -0.05) is 19.1 Å². The summed E-state index contributed by atoms with van der Waals surface area (Å²) in [6.45, 7) is 6.23. The summed E-state index contributed by atoms with van der Waals surface area (Å²) in [4.78, 5) is 2.54. The quantitative estimate of drug-likeness (QED) is 0.863. The highest BCUT2D eigenvalue weighted by molar-refractivity contribution is 5.42. The van der Waals surface area contributed by atoms with Crippen LogP contribution in [-0.2, 0) is 11.2 Å². The molecule has 0 amide bonds. The van der Waals surface area contributed by atoms with Crippen molar-refractivity contribution >= 4 is 0 Å². The number of phenolic OH excluding ortho intramolecular Hbond substituents is 1. The number of phenols is 1. The molecule has 0 fully saturated rings. The molecule has 0 aromatic heterocycles. The van der Waals surface area contributed by atoms with Gasteiger partial charge in [0.15, 0.2) is 0 Å². The molecule has 0 radical (unpaired) electrons. The Hall–Kier alpha value is -1.06. The maximum Gasteiger partial charge on any atom is 0.119 e. The largest absolute Gasteiger partial charge is 0.508 e. The van der Waals surface area contributed by atoms with Gasteiger partial charge in [0.25, 0.3) is 0 Å². The minimum absolute atomic E-state index is 0.413. The Kier molecular flexibility index (Phi) is 5.44. The van der Waals surface area contributed by atoms with Crippen molar-refractivity contribution in [2.75, 3.05) is 20.3 Å². The van der Waals surface area contributed by atoms with Crippen LogP contribution >= 0.6 is 0 Å². The molecule has 1 aromatic rings. The van der Waals surface area contributed by atoms with E-state index in [9.17, 15) is 5.11 Å². The lowest BCUT2D eigenvalue weighted by Gasteiger charge is -2.39. The first kappa shape index (κ1) is 15.3. The van der Waals surface area contributed by atoms with E-state index in [0.29, 0.717) is 17.8 Å². The second kappa shape index (κ2) is 7.09. The Morgan fingerprint density at radius 2 is 2.25 bits per heavy atom. The molecule has 1 aliphatic rings. The average Bonchev–Trinajstić information content (AvgIpc) is 2.48. The fourth-order valence-corrected chi connectivity index (χ4v) is 3.26. The Labute approximate surface area is 122 Å². The van der Waals surface area contributed by atoms with Gasteiger partial charge in [-0.05, 0) is 49.8 Å². The van der Waals surface area contributed by atoms with Gasteiger partial charge in [0.1, 0.15) is 5.75 Å². The SMILES string of the molecule is CCC(C)N(CCOC)C1CCCc2c(O)cccc21. The molecule has 2 rings (SSSR count). The summed E-state index contributed by atoms with van der Waals surface area (Å²) in [6, 6.07) is 6.90. The van der Waals surface area contributed by atoms with Crippen molar-refractivity contribution in [3.63, 3.8) is 0 Å². The van der Waals surface area contributed by atoms with Gasteiger partial charge in [-0.25, -0.2) is 0 Å². The van der Waals surface area contributed by atoms with Crippen LogP contribution in [0.2, 0.25) is 0 Å². The van der Waals surface area contributed by atoms with E-state index >= 15 is 0 Å². The number of rotatable bonds is 6. The van der Waals surface area contributed by atoms with E-state index in [2.05, 4.69) is 24.8 Å². The first-order chi connectivity index (χ1) is 9.69. The lowest BCUT2D eigenvalue weighted by molar-refractivity contribution is 0.0798. The highest BCUT2D eigenvalue weighted by Crippen LogP contribution is 2.39. The van der Waals surface area contributed by atoms with E-state index in [4.69, 9.17) is 4.74 Å². The zero-order valence-electron chi connectivity index (χ0n) is 12.9. The molecule has 0 saturated carbocycles. The average molecular weight is 277 g/mol. The summed E-state index contributed by atoms with van der Waals surface area (Å²) in [6.07, 6.45) is 4.45. The molecule has 20 heavy (non-hydrogen) atoms. The molecule has 2 atom stereocenters. The van der Waals surface area contributed by atoms with Gasteiger partial charge >= 0.3 is 0 Å². The molecule has 0 heterocycles. The van der Waals surface area contributed by atoms with Crippen LogP contribution in [0.15, 0.2) is 18.2 Å². The molecule has 0 spiro atoms. The zero-order valence-corrected chi connectivity index (χ0v) is 12.9. The number of benzene rings is 1. The minimum Gasteiger partial charge on any atom is -0.508 e. The van der Waals surface area contributed by atoms with Crippen LogP contribution in [0, 0.1) is 0 Å². The van der Waals surface area contributed by atoms with E-state index in [-0.39, 0.29) is 0 Å². The highest BCUT2D eigenvalue weighted by atomic mass is 16.5. The monoisotopic (exact) mass is 277 g/mol. The number of hydrogen-bond donors (Lipinski definition) is 1. The maximum absolute atomic E-state index is 10.1. The molecule has 3 heteroatoms. The van der Waals surface area contributed by atoms with Gasteiger partial charge in [-0.3, -0.25) is 4.90 Å². The smallest absolute Gasteiger partial charge is 0.119 e. The van der Waals surface area contributed by atoms with Gasteiger partial charge < -0.3 is 9.84 Å². The third kappa shape index (κ3) is 3.15. The summed E-state index contributed by atoms with van der Waals surface area (Å²) < 4.78 is 5.28. The number of nitrogens with zero attached hydrogens (tertiary/aromatic N) is 1. The van der Waals surface area contributed by atoms with Crippen LogP contribution in [0.5, 0.6) is 5.75 Å². The summed E-state index contributed by atoms with van der Waals surface area (Å²) in [5, 5.41) is 10.1. The lowest BCUT2D eigenvalue weighted by atomic mass is 9.85. The van der Waals surface area contributed by atoms with Crippen LogP contribution in [0.1, 0.15) is 50.3 Å². The topological polar surface area (TPSA) is 32.7 Å². The van der Waals surface area contributed by atoms with Crippen molar-refractivity contribution in [3.8, 4) is 5.75 Å². The maximum atomic E-state index is 10.1. The van der Waals surface area contributed by atoms with Gasteiger partial charge in [-0.15, -0.1) is 0 Å². The first-order valence-electron chi connectivity index (χ1n) is 7.74. The number of hydrogen-bond acceptors (Lipinski definition) is 3. The fraction of sp³-hybridized carbons (Fsp3) is 0.647.